The molecular formula is C12H24. The molecule has 1 rings (SSSR count). The Kier molecular flexibility index (Phi) is 3.61. The van der Waals surface area contributed by atoms with Crippen LogP contribution >= 0.6 is 0 Å². The van der Waals surface area contributed by atoms with Crippen molar-refractivity contribution in [2.24, 2.45) is 23.7 Å². The fourth-order valence-electron chi connectivity index (χ4n) is 2.50. The summed E-state index contributed by atoms with van der Waals surface area (Å²) in [7, 11) is 0. The lowest BCUT2D eigenvalue weighted by molar-refractivity contribution is 0.121. The highest BCUT2D eigenvalue weighted by molar-refractivity contribution is 4.81. The van der Waals surface area contributed by atoms with Gasteiger partial charge in [0.05, 0.1) is 0 Å². The smallest absolute Gasteiger partial charge is 0.0360 e. The zero-order valence-corrected chi connectivity index (χ0v) is 9.14. The molecule has 2 atom stereocenters. The molecule has 0 spiro atoms. The van der Waals surface area contributed by atoms with Crippen molar-refractivity contribution in [1.82, 2.24) is 0 Å². The van der Waals surface area contributed by atoms with E-state index in [1.807, 2.05) is 0 Å². The van der Waals surface area contributed by atoms with E-state index >= 15 is 0 Å². The van der Waals surface area contributed by atoms with Crippen LogP contribution in [0.3, 0.4) is 0 Å². The van der Waals surface area contributed by atoms with Gasteiger partial charge in [-0.3, -0.25) is 0 Å². The van der Waals surface area contributed by atoms with Gasteiger partial charge in [-0.15, -0.1) is 0 Å². The Morgan fingerprint density at radius 2 is 1.75 bits per heavy atom. The maximum atomic E-state index is 2.44. The molecule has 0 saturated heterocycles. The molecule has 0 heterocycles. The highest BCUT2D eigenvalue weighted by Crippen LogP contribution is 2.40. The molecule has 0 aromatic rings. The highest BCUT2D eigenvalue weighted by Gasteiger charge is 2.30. The lowest BCUT2D eigenvalue weighted by Crippen LogP contribution is -2.29. The predicted molar refractivity (Wildman–Crippen MR) is 55.1 cm³/mol. The van der Waals surface area contributed by atoms with Crippen LogP contribution in [0, 0.1) is 23.7 Å². The van der Waals surface area contributed by atoms with Gasteiger partial charge in [0.15, 0.2) is 0 Å². The van der Waals surface area contributed by atoms with Gasteiger partial charge in [0.1, 0.15) is 0 Å². The molecule has 1 aliphatic rings. The first-order chi connectivity index (χ1) is 5.66. The molecule has 0 amide bonds. The molecule has 0 heteroatoms. The second-order valence-corrected chi connectivity index (χ2v) is 4.87. The van der Waals surface area contributed by atoms with E-state index in [9.17, 15) is 0 Å². The normalized spacial score (nSPS) is 23.8. The van der Waals surface area contributed by atoms with Crippen molar-refractivity contribution in [1.29, 1.82) is 0 Å². The topological polar surface area (TPSA) is 0 Å². The van der Waals surface area contributed by atoms with Crippen molar-refractivity contribution < 1.29 is 0 Å². The molecule has 0 aliphatic heterocycles. The van der Waals surface area contributed by atoms with Gasteiger partial charge < -0.3 is 0 Å². The van der Waals surface area contributed by atoms with Gasteiger partial charge in [0, 0.05) is 0 Å². The molecule has 72 valence electrons. The third-order valence-corrected chi connectivity index (χ3v) is 3.95. The lowest BCUT2D eigenvalue weighted by Gasteiger charge is -2.38. The van der Waals surface area contributed by atoms with Crippen LogP contribution in [0.4, 0.5) is 0 Å². The first-order valence-electron chi connectivity index (χ1n) is 5.66. The van der Waals surface area contributed by atoms with E-state index in [2.05, 4.69) is 27.7 Å². The van der Waals surface area contributed by atoms with Crippen LogP contribution in [0.5, 0.6) is 0 Å². The van der Waals surface area contributed by atoms with Gasteiger partial charge in [0.2, 0.25) is 0 Å². The summed E-state index contributed by atoms with van der Waals surface area (Å²) in [6.45, 7) is 9.54. The maximum absolute atomic E-state index is 2.44. The molecule has 0 nitrogen and oxygen atoms in total. The monoisotopic (exact) mass is 168 g/mol. The molecule has 1 aliphatic carbocycles. The van der Waals surface area contributed by atoms with E-state index in [-0.39, 0.29) is 0 Å². The fraction of sp³-hybridized carbons (Fsp3) is 1.00. The van der Waals surface area contributed by atoms with E-state index in [1.165, 1.54) is 25.7 Å². The van der Waals surface area contributed by atoms with Gasteiger partial charge in [-0.25, -0.2) is 0 Å². The lowest BCUT2D eigenvalue weighted by atomic mass is 9.67. The summed E-state index contributed by atoms with van der Waals surface area (Å²) in [4.78, 5) is 0. The Balaban J connectivity index is 2.42. The quantitative estimate of drug-likeness (QED) is 0.592. The van der Waals surface area contributed by atoms with Crippen LogP contribution in [-0.4, -0.2) is 0 Å². The molecule has 0 aromatic heterocycles. The maximum Gasteiger partial charge on any atom is -0.0360 e. The minimum atomic E-state index is 0.871. The summed E-state index contributed by atoms with van der Waals surface area (Å²) in [6, 6.07) is 0. The van der Waals surface area contributed by atoms with Gasteiger partial charge in [-0.2, -0.15) is 0 Å². The van der Waals surface area contributed by atoms with E-state index in [4.69, 9.17) is 0 Å². The fourth-order valence-corrected chi connectivity index (χ4v) is 2.50. The van der Waals surface area contributed by atoms with Crippen LogP contribution < -0.4 is 0 Å². The molecule has 0 radical (unpaired) electrons. The summed E-state index contributed by atoms with van der Waals surface area (Å²) in [6.07, 6.45) is 5.90. The standard InChI is InChI=1S/C12H24/c1-5-12(10(4)9(2)3)11-7-6-8-11/h9-12H,5-8H2,1-4H3. The van der Waals surface area contributed by atoms with E-state index in [0.29, 0.717) is 0 Å². The van der Waals surface area contributed by atoms with Crippen LogP contribution in [0.25, 0.3) is 0 Å². The molecular weight excluding hydrogens is 144 g/mol. The number of hydrogen-bond acceptors (Lipinski definition) is 0. The first kappa shape index (κ1) is 10.1. The second kappa shape index (κ2) is 4.30. The molecule has 0 aromatic carbocycles. The molecule has 1 saturated carbocycles. The Bertz CT molecular complexity index is 122. The summed E-state index contributed by atoms with van der Waals surface area (Å²) >= 11 is 0. The van der Waals surface area contributed by atoms with Crippen molar-refractivity contribution in [3.05, 3.63) is 0 Å². The zero-order valence-electron chi connectivity index (χ0n) is 9.14. The largest absolute Gasteiger partial charge is 0.0651 e. The summed E-state index contributed by atoms with van der Waals surface area (Å²) in [5, 5.41) is 0. The van der Waals surface area contributed by atoms with Crippen LogP contribution in [-0.2, 0) is 0 Å². The molecule has 0 N–H and O–H groups in total. The van der Waals surface area contributed by atoms with Crippen molar-refractivity contribution >= 4 is 0 Å². The van der Waals surface area contributed by atoms with Crippen molar-refractivity contribution in [2.45, 2.75) is 53.4 Å². The third-order valence-electron chi connectivity index (χ3n) is 3.95. The zero-order chi connectivity index (χ0) is 9.14. The number of rotatable bonds is 4. The van der Waals surface area contributed by atoms with Crippen LogP contribution in [0.2, 0.25) is 0 Å². The summed E-state index contributed by atoms with van der Waals surface area (Å²) < 4.78 is 0. The van der Waals surface area contributed by atoms with Gasteiger partial charge >= 0.3 is 0 Å². The van der Waals surface area contributed by atoms with E-state index in [0.717, 1.165) is 23.7 Å². The van der Waals surface area contributed by atoms with Gasteiger partial charge in [-0.1, -0.05) is 53.4 Å². The van der Waals surface area contributed by atoms with Crippen molar-refractivity contribution in [3.8, 4) is 0 Å². The van der Waals surface area contributed by atoms with Crippen LogP contribution in [0.1, 0.15) is 53.4 Å². The van der Waals surface area contributed by atoms with Gasteiger partial charge in [0.25, 0.3) is 0 Å². The second-order valence-electron chi connectivity index (χ2n) is 4.87. The van der Waals surface area contributed by atoms with Crippen molar-refractivity contribution in [3.63, 3.8) is 0 Å². The number of hydrogen-bond donors (Lipinski definition) is 0. The highest BCUT2D eigenvalue weighted by atomic mass is 14.4. The van der Waals surface area contributed by atoms with Crippen LogP contribution in [0.15, 0.2) is 0 Å². The Hall–Kier alpha value is 0. The van der Waals surface area contributed by atoms with E-state index in [1.54, 1.807) is 0 Å². The van der Waals surface area contributed by atoms with E-state index < -0.39 is 0 Å². The Labute approximate surface area is 77.7 Å². The average molecular weight is 168 g/mol. The SMILES string of the molecule is CCC(C1CCC1)C(C)C(C)C. The minimum absolute atomic E-state index is 0.871. The van der Waals surface area contributed by atoms with Crippen molar-refractivity contribution in [2.75, 3.05) is 0 Å². The third kappa shape index (κ3) is 2.02. The first-order valence-corrected chi connectivity index (χ1v) is 5.66. The average Bonchev–Trinajstić information content (AvgIpc) is 1.94. The molecule has 0 bridgehead atoms. The minimum Gasteiger partial charge on any atom is -0.0651 e. The molecule has 1 fully saturated rings. The predicted octanol–water partition coefficient (Wildman–Crippen LogP) is 4.10. The Morgan fingerprint density at radius 1 is 1.17 bits per heavy atom. The summed E-state index contributed by atoms with van der Waals surface area (Å²) in [5.41, 5.74) is 0. The summed E-state index contributed by atoms with van der Waals surface area (Å²) in [5.74, 6) is 3.89. The molecule has 2 unspecified atom stereocenters. The Morgan fingerprint density at radius 3 is 2.00 bits per heavy atom. The van der Waals surface area contributed by atoms with Gasteiger partial charge in [-0.05, 0) is 23.7 Å². The molecule has 12 heavy (non-hydrogen) atoms.